The zero-order valence-corrected chi connectivity index (χ0v) is 17.5. The van der Waals surface area contributed by atoms with Crippen LogP contribution in [0.15, 0.2) is 51.8 Å². The predicted molar refractivity (Wildman–Crippen MR) is 110 cm³/mol. The van der Waals surface area contributed by atoms with E-state index in [0.29, 0.717) is 6.54 Å². The highest BCUT2D eigenvalue weighted by molar-refractivity contribution is 9.10. The van der Waals surface area contributed by atoms with E-state index in [-0.39, 0.29) is 18.3 Å². The van der Waals surface area contributed by atoms with Crippen molar-refractivity contribution in [2.45, 2.75) is 25.7 Å². The van der Waals surface area contributed by atoms with Gasteiger partial charge in [-0.2, -0.15) is 0 Å². The van der Waals surface area contributed by atoms with Gasteiger partial charge >= 0.3 is 5.97 Å². The lowest BCUT2D eigenvalue weighted by atomic mass is 10.2. The van der Waals surface area contributed by atoms with Gasteiger partial charge in [0.15, 0.2) is 6.61 Å². The molecule has 6 heteroatoms. The molecule has 4 nitrogen and oxygen atoms in total. The molecule has 2 aromatic rings. The van der Waals surface area contributed by atoms with Gasteiger partial charge in [-0.3, -0.25) is 9.59 Å². The van der Waals surface area contributed by atoms with Crippen molar-refractivity contribution in [2.75, 3.05) is 23.8 Å². The van der Waals surface area contributed by atoms with Crippen molar-refractivity contribution >= 4 is 45.3 Å². The standard InChI is InChI=1S/C20H22BrNO3S/c1-4-22(16-8-6-5-7-9-16)19(23)12-25-20(24)13-26-18-11-14(2)17(21)10-15(18)3/h5-11H,4,12-13H2,1-3H3. The Bertz CT molecular complexity index is 780. The van der Waals surface area contributed by atoms with Crippen LogP contribution >= 0.6 is 27.7 Å². The van der Waals surface area contributed by atoms with E-state index in [1.165, 1.54) is 11.8 Å². The first-order valence-electron chi connectivity index (χ1n) is 8.33. The van der Waals surface area contributed by atoms with Gasteiger partial charge in [0, 0.05) is 21.6 Å². The summed E-state index contributed by atoms with van der Waals surface area (Å²) in [5.74, 6) is -0.452. The molecule has 0 saturated carbocycles. The number of benzene rings is 2. The maximum atomic E-state index is 12.3. The summed E-state index contributed by atoms with van der Waals surface area (Å²) >= 11 is 4.92. The van der Waals surface area contributed by atoms with Gasteiger partial charge in [-0.05, 0) is 56.2 Å². The van der Waals surface area contributed by atoms with E-state index in [9.17, 15) is 9.59 Å². The van der Waals surface area contributed by atoms with E-state index in [1.807, 2.05) is 63.2 Å². The van der Waals surface area contributed by atoms with Crippen LogP contribution in [0.3, 0.4) is 0 Å². The molecule has 0 saturated heterocycles. The number of halogens is 1. The highest BCUT2D eigenvalue weighted by Gasteiger charge is 2.16. The van der Waals surface area contributed by atoms with Gasteiger partial charge in [0.2, 0.25) is 0 Å². The molecule has 1 amide bonds. The average molecular weight is 436 g/mol. The minimum atomic E-state index is -0.396. The molecular formula is C20H22BrNO3S. The molecule has 0 aromatic heterocycles. The molecule has 2 aromatic carbocycles. The van der Waals surface area contributed by atoms with Crippen LogP contribution in [0.5, 0.6) is 0 Å². The number of anilines is 1. The Morgan fingerprint density at radius 2 is 1.81 bits per heavy atom. The van der Waals surface area contributed by atoms with Crippen LogP contribution in [0.2, 0.25) is 0 Å². The lowest BCUT2D eigenvalue weighted by molar-refractivity contribution is -0.145. The van der Waals surface area contributed by atoms with Crippen molar-refractivity contribution in [2.24, 2.45) is 0 Å². The monoisotopic (exact) mass is 435 g/mol. The Hall–Kier alpha value is -1.79. The normalized spacial score (nSPS) is 10.5. The van der Waals surface area contributed by atoms with Crippen molar-refractivity contribution in [1.29, 1.82) is 0 Å². The van der Waals surface area contributed by atoms with Gasteiger partial charge in [0.25, 0.3) is 5.91 Å². The first-order valence-corrected chi connectivity index (χ1v) is 10.1. The van der Waals surface area contributed by atoms with Crippen molar-refractivity contribution in [3.63, 3.8) is 0 Å². The number of hydrogen-bond acceptors (Lipinski definition) is 4. The number of amides is 1. The van der Waals surface area contributed by atoms with E-state index < -0.39 is 5.97 Å². The number of thioether (sulfide) groups is 1. The van der Waals surface area contributed by atoms with E-state index in [0.717, 1.165) is 26.2 Å². The SMILES string of the molecule is CCN(C(=O)COC(=O)CSc1cc(C)c(Br)cc1C)c1ccccc1. The molecule has 0 fully saturated rings. The van der Waals surface area contributed by atoms with Crippen molar-refractivity contribution in [3.8, 4) is 0 Å². The smallest absolute Gasteiger partial charge is 0.316 e. The molecule has 138 valence electrons. The number of nitrogens with zero attached hydrogens (tertiary/aromatic N) is 1. The van der Waals surface area contributed by atoms with E-state index in [1.54, 1.807) is 4.90 Å². The number of para-hydroxylation sites is 1. The number of hydrogen-bond donors (Lipinski definition) is 0. The molecule has 0 heterocycles. The average Bonchev–Trinajstić information content (AvgIpc) is 2.63. The lowest BCUT2D eigenvalue weighted by Crippen LogP contribution is -2.34. The van der Waals surface area contributed by atoms with Crippen LogP contribution in [0.1, 0.15) is 18.1 Å². The largest absolute Gasteiger partial charge is 0.455 e. The van der Waals surface area contributed by atoms with Crippen molar-refractivity contribution in [1.82, 2.24) is 0 Å². The molecule has 0 aliphatic carbocycles. The second kappa shape index (κ2) is 9.78. The summed E-state index contributed by atoms with van der Waals surface area (Å²) in [7, 11) is 0. The quantitative estimate of drug-likeness (QED) is 0.464. The molecule has 0 radical (unpaired) electrons. The van der Waals surface area contributed by atoms with Crippen molar-refractivity contribution in [3.05, 3.63) is 58.1 Å². The van der Waals surface area contributed by atoms with Gasteiger partial charge in [0.1, 0.15) is 0 Å². The highest BCUT2D eigenvalue weighted by Crippen LogP contribution is 2.28. The van der Waals surface area contributed by atoms with Crippen LogP contribution in [-0.4, -0.2) is 30.8 Å². The number of esters is 1. The molecule has 0 bridgehead atoms. The highest BCUT2D eigenvalue weighted by atomic mass is 79.9. The number of aryl methyl sites for hydroxylation is 2. The summed E-state index contributed by atoms with van der Waals surface area (Å²) in [4.78, 5) is 27.0. The molecule has 0 unspecified atom stereocenters. The maximum Gasteiger partial charge on any atom is 0.316 e. The van der Waals surface area contributed by atoms with Crippen LogP contribution in [0.25, 0.3) is 0 Å². The topological polar surface area (TPSA) is 46.6 Å². The zero-order chi connectivity index (χ0) is 19.1. The second-order valence-electron chi connectivity index (χ2n) is 5.79. The summed E-state index contributed by atoms with van der Waals surface area (Å²) in [5.41, 5.74) is 3.01. The van der Waals surface area contributed by atoms with E-state index in [2.05, 4.69) is 15.9 Å². The first kappa shape index (κ1) is 20.5. The molecular weight excluding hydrogens is 414 g/mol. The number of carbonyl (C=O) groups is 2. The third-order valence-electron chi connectivity index (χ3n) is 3.84. The molecule has 0 spiro atoms. The molecule has 0 aliphatic rings. The van der Waals surface area contributed by atoms with Crippen LogP contribution < -0.4 is 4.90 Å². The van der Waals surface area contributed by atoms with Gasteiger partial charge in [-0.15, -0.1) is 11.8 Å². The van der Waals surface area contributed by atoms with Gasteiger partial charge < -0.3 is 9.64 Å². The second-order valence-corrected chi connectivity index (χ2v) is 7.66. The molecule has 0 atom stereocenters. The maximum absolute atomic E-state index is 12.3. The third kappa shape index (κ3) is 5.61. The van der Waals surface area contributed by atoms with Crippen LogP contribution in [0.4, 0.5) is 5.69 Å². The van der Waals surface area contributed by atoms with Gasteiger partial charge in [-0.25, -0.2) is 0 Å². The minimum absolute atomic E-state index is 0.173. The molecule has 0 aliphatic heterocycles. The van der Waals surface area contributed by atoms with Crippen LogP contribution in [0, 0.1) is 13.8 Å². The summed E-state index contributed by atoms with van der Waals surface area (Å²) in [6, 6.07) is 13.4. The summed E-state index contributed by atoms with van der Waals surface area (Å²) < 4.78 is 6.21. The Labute approximate surface area is 167 Å². The fourth-order valence-electron chi connectivity index (χ4n) is 2.42. The number of likely N-dealkylation sites (N-methyl/N-ethyl adjacent to an activating group) is 1. The lowest BCUT2D eigenvalue weighted by Gasteiger charge is -2.20. The Morgan fingerprint density at radius 1 is 1.12 bits per heavy atom. The van der Waals surface area contributed by atoms with E-state index >= 15 is 0 Å². The number of carbonyl (C=O) groups excluding carboxylic acids is 2. The van der Waals surface area contributed by atoms with Crippen molar-refractivity contribution < 1.29 is 14.3 Å². The van der Waals surface area contributed by atoms with Gasteiger partial charge in [0.05, 0.1) is 5.75 Å². The molecule has 0 N–H and O–H groups in total. The minimum Gasteiger partial charge on any atom is -0.455 e. The van der Waals surface area contributed by atoms with E-state index in [4.69, 9.17) is 4.74 Å². The number of ether oxygens (including phenoxy) is 1. The van der Waals surface area contributed by atoms with Gasteiger partial charge in [-0.1, -0.05) is 34.1 Å². The zero-order valence-electron chi connectivity index (χ0n) is 15.1. The Balaban J connectivity index is 1.86. The predicted octanol–water partition coefficient (Wildman–Crippen LogP) is 4.75. The third-order valence-corrected chi connectivity index (χ3v) is 5.83. The number of rotatable bonds is 7. The summed E-state index contributed by atoms with van der Waals surface area (Å²) in [6.07, 6.45) is 0. The Kier molecular flexibility index (Phi) is 7.72. The fraction of sp³-hybridized carbons (Fsp3) is 0.300. The first-order chi connectivity index (χ1) is 12.4. The molecule has 26 heavy (non-hydrogen) atoms. The Morgan fingerprint density at radius 3 is 2.46 bits per heavy atom. The molecule has 2 rings (SSSR count). The summed E-state index contributed by atoms with van der Waals surface area (Å²) in [5, 5.41) is 0. The fourth-order valence-corrected chi connectivity index (χ4v) is 3.78. The summed E-state index contributed by atoms with van der Waals surface area (Å²) in [6.45, 7) is 6.17. The van der Waals surface area contributed by atoms with Crippen LogP contribution in [-0.2, 0) is 14.3 Å².